The average Bonchev–Trinajstić information content (AvgIpc) is 2.99. The summed E-state index contributed by atoms with van der Waals surface area (Å²) >= 11 is 0. The van der Waals surface area contributed by atoms with Gasteiger partial charge < -0.3 is 24.7 Å². The predicted molar refractivity (Wildman–Crippen MR) is 85.0 cm³/mol. The van der Waals surface area contributed by atoms with Gasteiger partial charge in [-0.1, -0.05) is 12.1 Å². The second-order valence-electron chi connectivity index (χ2n) is 6.60. The molecule has 0 radical (unpaired) electrons. The van der Waals surface area contributed by atoms with Gasteiger partial charge in [0, 0.05) is 31.2 Å². The van der Waals surface area contributed by atoms with Crippen LogP contribution in [0.15, 0.2) is 24.5 Å². The summed E-state index contributed by atoms with van der Waals surface area (Å²) in [5.41, 5.74) is 1.57. The van der Waals surface area contributed by atoms with Crippen LogP contribution in [0, 0.1) is 5.92 Å². The zero-order valence-electron chi connectivity index (χ0n) is 14.1. The number of rotatable bonds is 5. The molecule has 1 atom stereocenters. The number of hydrogen-bond acceptors (Lipinski definition) is 5. The molecule has 1 aromatic carbocycles. The van der Waals surface area contributed by atoms with Crippen LogP contribution in [0.25, 0.3) is 11.0 Å². The maximum absolute atomic E-state index is 11.3. The molecule has 3 aliphatic heterocycles. The quantitative estimate of drug-likeness (QED) is 0.598. The fraction of sp³-hybridized carbons (Fsp3) is 0.529. The van der Waals surface area contributed by atoms with Crippen LogP contribution in [-0.4, -0.2) is 52.6 Å². The molecule has 0 amide bonds. The Morgan fingerprint density at radius 1 is 1.33 bits per heavy atom. The van der Waals surface area contributed by atoms with E-state index in [1.54, 1.807) is 18.5 Å². The maximum atomic E-state index is 11.3. The molecule has 1 aromatic heterocycles. The molecule has 122 valence electrons. The largest absolute Gasteiger partial charge is 1.00 e. The Bertz CT molecular complexity index is 724. The summed E-state index contributed by atoms with van der Waals surface area (Å²) in [6, 6.07) is 5.68. The number of fused-ring (bicyclic) bond motifs is 4. The van der Waals surface area contributed by atoms with Gasteiger partial charge in [-0.3, -0.25) is 0 Å². The van der Waals surface area contributed by atoms with Crippen molar-refractivity contribution >= 4 is 17.0 Å². The van der Waals surface area contributed by atoms with Gasteiger partial charge in [0.25, 0.3) is 0 Å². The van der Waals surface area contributed by atoms with Crippen LogP contribution in [0.5, 0.6) is 0 Å². The van der Waals surface area contributed by atoms with E-state index in [4.69, 9.17) is 0 Å². The molecule has 7 heteroatoms. The average molecular weight is 320 g/mol. The van der Waals surface area contributed by atoms with Crippen LogP contribution in [0.4, 0.5) is 0 Å². The van der Waals surface area contributed by atoms with E-state index in [1.165, 1.54) is 25.9 Å². The zero-order valence-corrected chi connectivity index (χ0v) is 14.1. The van der Waals surface area contributed by atoms with Crippen LogP contribution in [0.2, 0.25) is 0 Å². The number of carbonyl (C=O) groups excluding carboxylic acids is 1. The second-order valence-corrected chi connectivity index (χ2v) is 6.60. The van der Waals surface area contributed by atoms with E-state index in [0.29, 0.717) is 23.6 Å². The summed E-state index contributed by atoms with van der Waals surface area (Å²) in [4.78, 5) is 18.1. The first-order chi connectivity index (χ1) is 11.2. The third-order valence-corrected chi connectivity index (χ3v) is 5.27. The van der Waals surface area contributed by atoms with Crippen molar-refractivity contribution in [1.82, 2.24) is 19.8 Å². The van der Waals surface area contributed by atoms with E-state index in [-0.39, 0.29) is 24.4 Å². The second kappa shape index (κ2) is 7.28. The number of hydrogen-bond donors (Lipinski definition) is 1. The number of carbonyl (C=O) groups is 1. The van der Waals surface area contributed by atoms with Gasteiger partial charge in [-0.2, -0.15) is 0 Å². The van der Waals surface area contributed by atoms with Crippen LogP contribution < -0.4 is 29.3 Å². The monoisotopic (exact) mass is 320 g/mol. The Kier molecular flexibility index (Phi) is 5.31. The number of piperidine rings is 3. The first kappa shape index (κ1) is 17.5. The predicted octanol–water partition coefficient (Wildman–Crippen LogP) is -2.91. The summed E-state index contributed by atoms with van der Waals surface area (Å²) in [5, 5.41) is 15.0. The Morgan fingerprint density at radius 3 is 2.79 bits per heavy atom. The summed E-state index contributed by atoms with van der Waals surface area (Å²) in [7, 11) is 0. The van der Waals surface area contributed by atoms with Gasteiger partial charge in [-0.25, -0.2) is 4.98 Å². The van der Waals surface area contributed by atoms with E-state index in [1.807, 2.05) is 10.6 Å². The number of imidazole rings is 1. The van der Waals surface area contributed by atoms with E-state index < -0.39 is 5.97 Å². The molecular weight excluding hydrogens is 299 g/mol. The van der Waals surface area contributed by atoms with Crippen molar-refractivity contribution in [2.45, 2.75) is 25.4 Å². The smallest absolute Gasteiger partial charge is 0.545 e. The SMILES string of the molecule is O=C([O-])c1cccc2ncn(CCN[C@@H]3CN4CCC3CC4)c12.[Li+]. The van der Waals surface area contributed by atoms with Crippen LogP contribution >= 0.6 is 0 Å². The molecule has 2 bridgehead atoms. The summed E-state index contributed by atoms with van der Waals surface area (Å²) < 4.78 is 1.91. The van der Waals surface area contributed by atoms with E-state index >= 15 is 0 Å². The minimum absolute atomic E-state index is 0. The molecule has 3 fully saturated rings. The van der Waals surface area contributed by atoms with Crippen molar-refractivity contribution in [1.29, 1.82) is 0 Å². The number of benzene rings is 1. The first-order valence-corrected chi connectivity index (χ1v) is 8.33. The molecule has 0 unspecified atom stereocenters. The number of aromatic carboxylic acids is 1. The van der Waals surface area contributed by atoms with Gasteiger partial charge in [0.05, 0.1) is 23.3 Å². The molecular formula is C17H21LiN4O2. The van der Waals surface area contributed by atoms with Crippen molar-refractivity contribution in [3.05, 3.63) is 30.1 Å². The minimum Gasteiger partial charge on any atom is -0.545 e. The summed E-state index contributed by atoms with van der Waals surface area (Å²) in [5.74, 6) is -0.360. The molecule has 0 saturated carbocycles. The fourth-order valence-corrected chi connectivity index (χ4v) is 4.03. The molecule has 0 spiro atoms. The van der Waals surface area contributed by atoms with Gasteiger partial charge in [0.2, 0.25) is 0 Å². The van der Waals surface area contributed by atoms with Gasteiger partial charge in [-0.15, -0.1) is 0 Å². The Labute approximate surface area is 153 Å². The third-order valence-electron chi connectivity index (χ3n) is 5.27. The Hall–Kier alpha value is -1.32. The van der Waals surface area contributed by atoms with Gasteiger partial charge >= 0.3 is 18.9 Å². The molecule has 6 nitrogen and oxygen atoms in total. The third kappa shape index (κ3) is 3.24. The van der Waals surface area contributed by atoms with Crippen molar-refractivity contribution < 1.29 is 28.8 Å². The molecule has 0 aliphatic carbocycles. The number of para-hydroxylation sites is 1. The normalized spacial score (nSPS) is 25.6. The minimum atomic E-state index is -1.15. The first-order valence-electron chi connectivity index (χ1n) is 8.33. The zero-order chi connectivity index (χ0) is 15.8. The molecule has 1 N–H and O–H groups in total. The maximum Gasteiger partial charge on any atom is 1.00 e. The number of carboxylic acid groups (broad SMARTS) is 1. The number of nitrogens with zero attached hydrogens (tertiary/aromatic N) is 3. The van der Waals surface area contributed by atoms with Gasteiger partial charge in [-0.05, 0) is 37.9 Å². The van der Waals surface area contributed by atoms with E-state index in [9.17, 15) is 9.90 Å². The van der Waals surface area contributed by atoms with E-state index in [2.05, 4.69) is 15.2 Å². The standard InChI is InChI=1S/C17H22N4O2.Li/c22-17(23)13-2-1-3-14-16(13)21(11-19-14)9-6-18-15-10-20-7-4-12(15)5-8-20;/h1-3,11-12,15,18H,4-10H2,(H,22,23);/q;+1/p-1/t15-;/m1./s1. The summed E-state index contributed by atoms with van der Waals surface area (Å²) in [6.07, 6.45) is 4.30. The van der Waals surface area contributed by atoms with E-state index in [0.717, 1.165) is 19.0 Å². The van der Waals surface area contributed by atoms with Crippen LogP contribution in [0.3, 0.4) is 0 Å². The van der Waals surface area contributed by atoms with Crippen molar-refractivity contribution in [2.75, 3.05) is 26.2 Å². The number of carboxylic acids is 1. The summed E-state index contributed by atoms with van der Waals surface area (Å²) in [6.45, 7) is 5.15. The van der Waals surface area contributed by atoms with Crippen molar-refractivity contribution in [2.24, 2.45) is 5.92 Å². The molecule has 2 aromatic rings. The molecule has 24 heavy (non-hydrogen) atoms. The van der Waals surface area contributed by atoms with Gasteiger partial charge in [0.1, 0.15) is 0 Å². The molecule has 5 rings (SSSR count). The number of nitrogens with one attached hydrogen (secondary N) is 1. The van der Waals surface area contributed by atoms with Crippen molar-refractivity contribution in [3.8, 4) is 0 Å². The van der Waals surface area contributed by atoms with Crippen LogP contribution in [-0.2, 0) is 6.54 Å². The fourth-order valence-electron chi connectivity index (χ4n) is 4.03. The van der Waals surface area contributed by atoms with Gasteiger partial charge in [0.15, 0.2) is 0 Å². The topological polar surface area (TPSA) is 73.2 Å². The molecule has 4 heterocycles. The molecule has 3 saturated heterocycles. The number of aromatic nitrogens is 2. The van der Waals surface area contributed by atoms with Crippen molar-refractivity contribution in [3.63, 3.8) is 0 Å². The molecule has 3 aliphatic rings. The Morgan fingerprint density at radius 2 is 2.12 bits per heavy atom. The Balaban J connectivity index is 0.00000169. The van der Waals surface area contributed by atoms with Crippen LogP contribution in [0.1, 0.15) is 23.2 Å².